The van der Waals surface area contributed by atoms with Crippen LogP contribution in [0.4, 0.5) is 5.13 Å². The molecule has 0 radical (unpaired) electrons. The van der Waals surface area contributed by atoms with Gasteiger partial charge in [0.25, 0.3) is 0 Å². The van der Waals surface area contributed by atoms with Crippen molar-refractivity contribution in [1.82, 2.24) is 14.8 Å². The molecule has 0 unspecified atom stereocenters. The highest BCUT2D eigenvalue weighted by Gasteiger charge is 2.18. The van der Waals surface area contributed by atoms with Crippen LogP contribution >= 0.6 is 11.3 Å². The van der Waals surface area contributed by atoms with Gasteiger partial charge in [-0.25, -0.2) is 4.98 Å². The molecule has 1 N–H and O–H groups in total. The second kappa shape index (κ2) is 12.9. The molecule has 0 saturated carbocycles. The zero-order chi connectivity index (χ0) is 21.1. The zero-order valence-electron chi connectivity index (χ0n) is 18.1. The maximum atomic E-state index is 12.9. The fourth-order valence-electron chi connectivity index (χ4n) is 3.14. The van der Waals surface area contributed by atoms with Crippen LogP contribution < -0.4 is 5.32 Å². The number of amides is 2. The number of unbranched alkanes of at least 4 members (excludes halogenated alkanes) is 3. The number of hydrogen-bond donors (Lipinski definition) is 1. The highest BCUT2D eigenvalue weighted by molar-refractivity contribution is 7.13. The predicted molar refractivity (Wildman–Crippen MR) is 117 cm³/mol. The van der Waals surface area contributed by atoms with Gasteiger partial charge in [0, 0.05) is 44.0 Å². The van der Waals surface area contributed by atoms with Gasteiger partial charge in [-0.2, -0.15) is 0 Å². The first-order valence-electron chi connectivity index (χ1n) is 10.8. The van der Waals surface area contributed by atoms with Gasteiger partial charge < -0.3 is 15.0 Å². The molecule has 7 nitrogen and oxygen atoms in total. The highest BCUT2D eigenvalue weighted by Crippen LogP contribution is 2.17. The molecule has 0 spiro atoms. The SMILES string of the molecule is CCCCCCN(CCN1CCOCC1)C(=O)Cc1csc(NC(=O)C(C)C)n1. The maximum absolute atomic E-state index is 12.9. The van der Waals surface area contributed by atoms with Crippen molar-refractivity contribution in [3.05, 3.63) is 11.1 Å². The number of aromatic nitrogens is 1. The summed E-state index contributed by atoms with van der Waals surface area (Å²) in [5.41, 5.74) is 0.726. The van der Waals surface area contributed by atoms with Gasteiger partial charge in [0.15, 0.2) is 5.13 Å². The van der Waals surface area contributed by atoms with E-state index in [0.29, 0.717) is 5.13 Å². The fraction of sp³-hybridized carbons (Fsp3) is 0.762. The summed E-state index contributed by atoms with van der Waals surface area (Å²) in [7, 11) is 0. The molecule has 1 aliphatic rings. The van der Waals surface area contributed by atoms with Crippen molar-refractivity contribution in [3.8, 4) is 0 Å². The molecule has 0 atom stereocenters. The van der Waals surface area contributed by atoms with Gasteiger partial charge in [0.2, 0.25) is 11.8 Å². The minimum Gasteiger partial charge on any atom is -0.379 e. The Labute approximate surface area is 178 Å². The summed E-state index contributed by atoms with van der Waals surface area (Å²) in [5, 5.41) is 5.24. The molecule has 29 heavy (non-hydrogen) atoms. The minimum atomic E-state index is -0.0946. The van der Waals surface area contributed by atoms with E-state index in [-0.39, 0.29) is 24.2 Å². The van der Waals surface area contributed by atoms with Gasteiger partial charge in [-0.05, 0) is 6.42 Å². The molecule has 8 heteroatoms. The van der Waals surface area contributed by atoms with E-state index in [1.165, 1.54) is 24.2 Å². The standard InChI is InChI=1S/C21H36N4O3S/c1-4-5-6-7-8-25(10-9-24-11-13-28-14-12-24)19(26)15-18-16-29-21(22-18)23-20(27)17(2)3/h16-17H,4-15H2,1-3H3,(H,22,23,27). The fourth-order valence-corrected chi connectivity index (χ4v) is 3.85. The van der Waals surface area contributed by atoms with E-state index in [4.69, 9.17) is 4.74 Å². The lowest BCUT2D eigenvalue weighted by Gasteiger charge is -2.30. The molecule has 1 aliphatic heterocycles. The largest absolute Gasteiger partial charge is 0.379 e. The number of carbonyl (C=O) groups excluding carboxylic acids is 2. The quantitative estimate of drug-likeness (QED) is 0.522. The van der Waals surface area contributed by atoms with E-state index < -0.39 is 0 Å². The first kappa shape index (κ1) is 23.8. The van der Waals surface area contributed by atoms with Crippen LogP contribution in [-0.4, -0.2) is 72.5 Å². The van der Waals surface area contributed by atoms with Gasteiger partial charge in [-0.15, -0.1) is 11.3 Å². The second-order valence-electron chi connectivity index (χ2n) is 7.86. The smallest absolute Gasteiger partial charge is 0.228 e. The predicted octanol–water partition coefficient (Wildman–Crippen LogP) is 3.02. The summed E-state index contributed by atoms with van der Waals surface area (Å²) in [5.74, 6) is -0.0372. The molecule has 1 fully saturated rings. The first-order chi connectivity index (χ1) is 14.0. The normalized spacial score (nSPS) is 14.9. The van der Waals surface area contributed by atoms with E-state index in [9.17, 15) is 9.59 Å². The van der Waals surface area contributed by atoms with Gasteiger partial charge in [-0.3, -0.25) is 14.5 Å². The van der Waals surface area contributed by atoms with Crippen LogP contribution in [0.25, 0.3) is 0 Å². The Hall–Kier alpha value is -1.51. The average Bonchev–Trinajstić information content (AvgIpc) is 3.14. The number of nitrogens with one attached hydrogen (secondary N) is 1. The molecular weight excluding hydrogens is 388 g/mol. The van der Waals surface area contributed by atoms with Crippen molar-refractivity contribution in [1.29, 1.82) is 0 Å². The minimum absolute atomic E-state index is 0.0553. The molecule has 164 valence electrons. The summed E-state index contributed by atoms with van der Waals surface area (Å²) in [4.78, 5) is 33.5. The monoisotopic (exact) mass is 424 g/mol. The number of anilines is 1. The van der Waals surface area contributed by atoms with Gasteiger partial charge in [0.1, 0.15) is 0 Å². The molecular formula is C21H36N4O3S. The van der Waals surface area contributed by atoms with Crippen molar-refractivity contribution >= 4 is 28.3 Å². The number of hydrogen-bond acceptors (Lipinski definition) is 6. The molecule has 1 aromatic rings. The maximum Gasteiger partial charge on any atom is 0.228 e. The van der Waals surface area contributed by atoms with Crippen molar-refractivity contribution in [3.63, 3.8) is 0 Å². The van der Waals surface area contributed by atoms with Crippen LogP contribution in [0.1, 0.15) is 52.1 Å². The summed E-state index contributed by atoms with van der Waals surface area (Å²) in [6.45, 7) is 11.7. The highest BCUT2D eigenvalue weighted by atomic mass is 32.1. The van der Waals surface area contributed by atoms with Crippen LogP contribution in [0.2, 0.25) is 0 Å². The molecule has 0 aliphatic carbocycles. The van der Waals surface area contributed by atoms with Crippen LogP contribution in [0.15, 0.2) is 5.38 Å². The second-order valence-corrected chi connectivity index (χ2v) is 8.72. The summed E-state index contributed by atoms with van der Waals surface area (Å²) in [6.07, 6.45) is 4.86. The molecule has 2 rings (SSSR count). The Morgan fingerprint density at radius 2 is 2.00 bits per heavy atom. The van der Waals surface area contributed by atoms with E-state index in [1.54, 1.807) is 0 Å². The Bertz CT molecular complexity index is 629. The van der Waals surface area contributed by atoms with Gasteiger partial charge in [-0.1, -0.05) is 40.0 Å². The van der Waals surface area contributed by atoms with Crippen molar-refractivity contribution in [2.24, 2.45) is 5.92 Å². The topological polar surface area (TPSA) is 74.8 Å². The molecule has 2 heterocycles. The molecule has 0 aromatic carbocycles. The Kier molecular flexibility index (Phi) is 10.6. The Balaban J connectivity index is 1.88. The zero-order valence-corrected chi connectivity index (χ0v) is 18.9. The van der Waals surface area contributed by atoms with Crippen molar-refractivity contribution < 1.29 is 14.3 Å². The third-order valence-electron chi connectivity index (χ3n) is 5.06. The number of nitrogens with zero attached hydrogens (tertiary/aromatic N) is 3. The Morgan fingerprint density at radius 3 is 2.69 bits per heavy atom. The lowest BCUT2D eigenvalue weighted by Crippen LogP contribution is -2.43. The first-order valence-corrected chi connectivity index (χ1v) is 11.7. The van der Waals surface area contributed by atoms with E-state index in [2.05, 4.69) is 22.1 Å². The van der Waals surface area contributed by atoms with Gasteiger partial charge >= 0.3 is 0 Å². The van der Waals surface area contributed by atoms with Crippen LogP contribution in [0, 0.1) is 5.92 Å². The third-order valence-corrected chi connectivity index (χ3v) is 5.87. The van der Waals surface area contributed by atoms with Crippen molar-refractivity contribution in [2.75, 3.05) is 51.3 Å². The summed E-state index contributed by atoms with van der Waals surface area (Å²) in [6, 6.07) is 0. The third kappa shape index (κ3) is 8.80. The van der Waals surface area contributed by atoms with Crippen molar-refractivity contribution in [2.45, 2.75) is 52.9 Å². The number of carbonyl (C=O) groups is 2. The Morgan fingerprint density at radius 1 is 1.24 bits per heavy atom. The molecule has 1 saturated heterocycles. The summed E-state index contributed by atoms with van der Waals surface area (Å²) >= 11 is 1.37. The number of ether oxygens (including phenoxy) is 1. The van der Waals surface area contributed by atoms with Crippen LogP contribution in [-0.2, 0) is 20.7 Å². The number of thiazole rings is 1. The van der Waals surface area contributed by atoms with E-state index >= 15 is 0 Å². The average molecular weight is 425 g/mol. The lowest BCUT2D eigenvalue weighted by molar-refractivity contribution is -0.131. The number of morpholine rings is 1. The molecule has 1 aromatic heterocycles. The van der Waals surface area contributed by atoms with E-state index in [1.807, 2.05) is 24.1 Å². The van der Waals surface area contributed by atoms with E-state index in [0.717, 1.165) is 64.5 Å². The van der Waals surface area contributed by atoms with Crippen LogP contribution in [0.3, 0.4) is 0 Å². The molecule has 0 bridgehead atoms. The summed E-state index contributed by atoms with van der Waals surface area (Å²) < 4.78 is 5.41. The number of rotatable bonds is 12. The van der Waals surface area contributed by atoms with Gasteiger partial charge in [0.05, 0.1) is 25.3 Å². The van der Waals surface area contributed by atoms with Crippen LogP contribution in [0.5, 0.6) is 0 Å². The molecule has 2 amide bonds. The lowest BCUT2D eigenvalue weighted by atomic mass is 10.2.